The highest BCUT2D eigenvalue weighted by Crippen LogP contribution is 2.35. The maximum atomic E-state index is 13.0. The molecule has 0 radical (unpaired) electrons. The highest BCUT2D eigenvalue weighted by molar-refractivity contribution is 5.79. The number of hydrogen-bond acceptors (Lipinski definition) is 6. The Hall–Kier alpha value is -4.59. The number of carbonyl (C=O) groups excluding carboxylic acids is 1. The normalized spacial score (nSPS) is 12.3. The number of carboxylic acids is 1. The van der Waals surface area contributed by atoms with Gasteiger partial charge in [-0.2, -0.15) is 0 Å². The molecule has 2 heterocycles. The van der Waals surface area contributed by atoms with Crippen LogP contribution in [0.25, 0.3) is 11.5 Å². The largest absolute Gasteiger partial charge is 0.493 e. The molecule has 4 aromatic rings. The first-order valence-corrected chi connectivity index (χ1v) is 12.9. The lowest BCUT2D eigenvalue weighted by atomic mass is 9.99. The Balaban J connectivity index is 1.27. The summed E-state index contributed by atoms with van der Waals surface area (Å²) in [6.45, 7) is 2.97. The number of carboxylic acid groups (broad SMARTS) is 1. The number of aryl methyl sites for hydroxylation is 2. The number of aromatic nitrogens is 1. The summed E-state index contributed by atoms with van der Waals surface area (Å²) in [5.74, 6) is 1.65. The standard InChI is InChI=1S/C31H30N2O6/c1-21-27(32-31(39-21)23-8-4-2-5-9-23)16-17-37-28-14-12-22(13-15-30(35)36)25-18-33(19-26(25)28)29(34)20-38-24-10-6-3-7-11-24/h2-12,14H,13,15-20H2,1H3,(H,35,36). The number of benzene rings is 3. The topological polar surface area (TPSA) is 102 Å². The van der Waals surface area contributed by atoms with E-state index in [1.807, 2.05) is 67.6 Å². The number of fused-ring (bicyclic) bond motifs is 1. The van der Waals surface area contributed by atoms with Crippen molar-refractivity contribution in [2.24, 2.45) is 0 Å². The van der Waals surface area contributed by atoms with Gasteiger partial charge in [0, 0.05) is 30.5 Å². The molecule has 0 saturated heterocycles. The summed E-state index contributed by atoms with van der Waals surface area (Å²) in [6, 6.07) is 22.7. The quantitative estimate of drug-likeness (QED) is 0.286. The van der Waals surface area contributed by atoms with Crippen LogP contribution < -0.4 is 9.47 Å². The van der Waals surface area contributed by atoms with Gasteiger partial charge in [-0.3, -0.25) is 9.59 Å². The number of nitrogens with zero attached hydrogens (tertiary/aromatic N) is 2. The van der Waals surface area contributed by atoms with E-state index in [1.54, 1.807) is 17.0 Å². The second-order valence-corrected chi connectivity index (χ2v) is 9.41. The first-order valence-electron chi connectivity index (χ1n) is 12.9. The molecule has 1 amide bonds. The van der Waals surface area contributed by atoms with E-state index in [4.69, 9.17) is 13.9 Å². The zero-order chi connectivity index (χ0) is 27.2. The summed E-state index contributed by atoms with van der Waals surface area (Å²) < 4.78 is 17.7. The van der Waals surface area contributed by atoms with Gasteiger partial charge in [0.2, 0.25) is 5.89 Å². The fraction of sp³-hybridized carbons (Fsp3) is 0.258. The van der Waals surface area contributed by atoms with Crippen molar-refractivity contribution in [3.63, 3.8) is 0 Å². The van der Waals surface area contributed by atoms with E-state index in [1.165, 1.54) is 0 Å². The van der Waals surface area contributed by atoms with Crippen LogP contribution in [0.1, 0.15) is 34.6 Å². The number of para-hydroxylation sites is 1. The van der Waals surface area contributed by atoms with Gasteiger partial charge in [0.05, 0.1) is 18.8 Å². The van der Waals surface area contributed by atoms with E-state index in [0.717, 1.165) is 33.7 Å². The van der Waals surface area contributed by atoms with Gasteiger partial charge >= 0.3 is 5.97 Å². The lowest BCUT2D eigenvalue weighted by Gasteiger charge is -2.16. The maximum Gasteiger partial charge on any atom is 0.303 e. The zero-order valence-corrected chi connectivity index (χ0v) is 21.8. The van der Waals surface area contributed by atoms with Crippen LogP contribution in [0.4, 0.5) is 0 Å². The summed E-state index contributed by atoms with van der Waals surface area (Å²) in [6.07, 6.45) is 0.971. The van der Waals surface area contributed by atoms with Gasteiger partial charge in [0.1, 0.15) is 17.3 Å². The Labute approximate surface area is 226 Å². The highest BCUT2D eigenvalue weighted by atomic mass is 16.5. The van der Waals surface area contributed by atoms with Gasteiger partial charge in [-0.05, 0) is 54.8 Å². The van der Waals surface area contributed by atoms with Crippen LogP contribution in [0.2, 0.25) is 0 Å². The van der Waals surface area contributed by atoms with Crippen molar-refractivity contribution in [2.45, 2.75) is 39.3 Å². The first kappa shape index (κ1) is 26.0. The van der Waals surface area contributed by atoms with Crippen LogP contribution in [-0.4, -0.2) is 40.1 Å². The van der Waals surface area contributed by atoms with Crippen LogP contribution in [0, 0.1) is 6.92 Å². The number of rotatable bonds is 11. The molecule has 0 spiro atoms. The van der Waals surface area contributed by atoms with Gasteiger partial charge < -0.3 is 23.9 Å². The van der Waals surface area contributed by atoms with Crippen LogP contribution in [0.3, 0.4) is 0 Å². The molecular weight excluding hydrogens is 496 g/mol. The molecule has 0 bridgehead atoms. The van der Waals surface area contributed by atoms with Crippen molar-refractivity contribution in [2.75, 3.05) is 13.2 Å². The third-order valence-electron chi connectivity index (χ3n) is 6.76. The van der Waals surface area contributed by atoms with Gasteiger partial charge in [-0.1, -0.05) is 42.5 Å². The Morgan fingerprint density at radius 3 is 2.38 bits per heavy atom. The van der Waals surface area contributed by atoms with Gasteiger partial charge in [-0.15, -0.1) is 0 Å². The summed E-state index contributed by atoms with van der Waals surface area (Å²) in [5.41, 5.74) is 4.53. The molecule has 1 aromatic heterocycles. The monoisotopic (exact) mass is 526 g/mol. The number of oxazole rings is 1. The molecule has 1 aliphatic rings. The van der Waals surface area contributed by atoms with E-state index in [0.29, 0.717) is 49.9 Å². The van der Waals surface area contributed by atoms with Crippen molar-refractivity contribution < 1.29 is 28.6 Å². The van der Waals surface area contributed by atoms with Crippen molar-refractivity contribution in [3.8, 4) is 23.0 Å². The van der Waals surface area contributed by atoms with Gasteiger partial charge in [0.25, 0.3) is 5.91 Å². The SMILES string of the molecule is Cc1oc(-c2ccccc2)nc1CCOc1ccc(CCC(=O)O)c2c1CN(C(=O)COc1ccccc1)C2. The average molecular weight is 527 g/mol. The number of amides is 1. The smallest absolute Gasteiger partial charge is 0.303 e. The number of carbonyl (C=O) groups is 2. The predicted molar refractivity (Wildman–Crippen MR) is 144 cm³/mol. The molecule has 200 valence electrons. The van der Waals surface area contributed by atoms with Crippen LogP contribution >= 0.6 is 0 Å². The molecule has 3 aromatic carbocycles. The summed E-state index contributed by atoms with van der Waals surface area (Å²) >= 11 is 0. The van der Waals surface area contributed by atoms with E-state index in [-0.39, 0.29) is 18.9 Å². The third kappa shape index (κ3) is 6.29. The van der Waals surface area contributed by atoms with E-state index in [9.17, 15) is 14.7 Å². The minimum atomic E-state index is -0.857. The predicted octanol–water partition coefficient (Wildman–Crippen LogP) is 5.21. The summed E-state index contributed by atoms with van der Waals surface area (Å²) in [7, 11) is 0. The molecule has 5 rings (SSSR count). The van der Waals surface area contributed by atoms with E-state index >= 15 is 0 Å². The second-order valence-electron chi connectivity index (χ2n) is 9.41. The molecule has 8 heteroatoms. The Bertz CT molecular complexity index is 1450. The lowest BCUT2D eigenvalue weighted by molar-refractivity contribution is -0.137. The van der Waals surface area contributed by atoms with Gasteiger partial charge in [-0.25, -0.2) is 4.98 Å². The maximum absolute atomic E-state index is 13.0. The van der Waals surface area contributed by atoms with Crippen molar-refractivity contribution in [1.82, 2.24) is 9.88 Å². The third-order valence-corrected chi connectivity index (χ3v) is 6.76. The van der Waals surface area contributed by atoms with Crippen LogP contribution in [0.5, 0.6) is 11.5 Å². The minimum Gasteiger partial charge on any atom is -0.493 e. The van der Waals surface area contributed by atoms with E-state index in [2.05, 4.69) is 4.98 Å². The fourth-order valence-corrected chi connectivity index (χ4v) is 4.69. The van der Waals surface area contributed by atoms with Crippen molar-refractivity contribution in [1.29, 1.82) is 0 Å². The first-order chi connectivity index (χ1) is 19.0. The molecule has 39 heavy (non-hydrogen) atoms. The molecular formula is C31H30N2O6. The Kier molecular flexibility index (Phi) is 7.91. The highest BCUT2D eigenvalue weighted by Gasteiger charge is 2.29. The molecule has 1 aliphatic heterocycles. The second kappa shape index (κ2) is 11.9. The zero-order valence-electron chi connectivity index (χ0n) is 21.8. The molecule has 0 unspecified atom stereocenters. The molecule has 0 saturated carbocycles. The van der Waals surface area contributed by atoms with Gasteiger partial charge in [0.15, 0.2) is 6.61 Å². The molecule has 0 aliphatic carbocycles. The molecule has 8 nitrogen and oxygen atoms in total. The van der Waals surface area contributed by atoms with Crippen LogP contribution in [0.15, 0.2) is 77.2 Å². The van der Waals surface area contributed by atoms with E-state index < -0.39 is 5.97 Å². The molecule has 0 atom stereocenters. The molecule has 1 N–H and O–H groups in total. The minimum absolute atomic E-state index is 0.0207. The average Bonchev–Trinajstić information content (AvgIpc) is 3.57. The Morgan fingerprint density at radius 2 is 1.64 bits per heavy atom. The Morgan fingerprint density at radius 1 is 0.923 bits per heavy atom. The number of hydrogen-bond donors (Lipinski definition) is 1. The lowest BCUT2D eigenvalue weighted by Crippen LogP contribution is -2.30. The number of ether oxygens (including phenoxy) is 2. The molecule has 0 fully saturated rings. The van der Waals surface area contributed by atoms with Crippen LogP contribution in [-0.2, 0) is 35.5 Å². The number of aliphatic carboxylic acids is 1. The fourth-order valence-electron chi connectivity index (χ4n) is 4.69. The summed E-state index contributed by atoms with van der Waals surface area (Å²) in [5, 5.41) is 9.20. The van der Waals surface area contributed by atoms with Crippen molar-refractivity contribution >= 4 is 11.9 Å². The summed E-state index contributed by atoms with van der Waals surface area (Å²) in [4.78, 5) is 30.6. The van der Waals surface area contributed by atoms with Crippen molar-refractivity contribution in [3.05, 3.63) is 101 Å².